The van der Waals surface area contributed by atoms with Crippen LogP contribution in [-0.2, 0) is 10.2 Å². The Hall–Kier alpha value is -1.58. The highest BCUT2D eigenvalue weighted by Gasteiger charge is 2.30. The minimum Gasteiger partial charge on any atom is -0.259 e. The number of rotatable bonds is 3. The first-order valence-electron chi connectivity index (χ1n) is 5.80. The number of para-hydroxylation sites is 1. The fourth-order valence-corrected chi connectivity index (χ4v) is 3.53. The largest absolute Gasteiger partial charge is 0.303 e. The molecule has 6 heteroatoms. The van der Waals surface area contributed by atoms with Crippen molar-refractivity contribution in [3.05, 3.63) is 29.8 Å². The SMILES string of the molecule is CN(c1ccccc1C#N)S(=O)(=O)N1CCCC1. The topological polar surface area (TPSA) is 64.4 Å². The van der Waals surface area contributed by atoms with Gasteiger partial charge in [-0.2, -0.15) is 18.0 Å². The van der Waals surface area contributed by atoms with E-state index in [0.717, 1.165) is 12.8 Å². The molecule has 2 rings (SSSR count). The summed E-state index contributed by atoms with van der Waals surface area (Å²) in [7, 11) is -2.02. The van der Waals surface area contributed by atoms with Gasteiger partial charge >= 0.3 is 10.2 Å². The molecule has 1 aromatic carbocycles. The Morgan fingerprint density at radius 3 is 2.50 bits per heavy atom. The van der Waals surface area contributed by atoms with Crippen LogP contribution in [0.2, 0.25) is 0 Å². The number of benzene rings is 1. The average molecular weight is 265 g/mol. The second-order valence-corrected chi connectivity index (χ2v) is 6.17. The van der Waals surface area contributed by atoms with Gasteiger partial charge in [-0.1, -0.05) is 12.1 Å². The Kier molecular flexibility index (Phi) is 3.55. The van der Waals surface area contributed by atoms with Crippen molar-refractivity contribution >= 4 is 15.9 Å². The first-order valence-corrected chi connectivity index (χ1v) is 7.20. The zero-order valence-electron chi connectivity index (χ0n) is 10.2. The van der Waals surface area contributed by atoms with Crippen molar-refractivity contribution in [3.63, 3.8) is 0 Å². The molecule has 5 nitrogen and oxygen atoms in total. The zero-order valence-corrected chi connectivity index (χ0v) is 11.0. The molecule has 0 unspecified atom stereocenters. The maximum Gasteiger partial charge on any atom is 0.303 e. The van der Waals surface area contributed by atoms with Crippen LogP contribution in [0.3, 0.4) is 0 Å². The summed E-state index contributed by atoms with van der Waals surface area (Å²) >= 11 is 0. The monoisotopic (exact) mass is 265 g/mol. The first kappa shape index (κ1) is 12.9. The molecule has 1 fully saturated rings. The summed E-state index contributed by atoms with van der Waals surface area (Å²) in [5.74, 6) is 0. The summed E-state index contributed by atoms with van der Waals surface area (Å²) < 4.78 is 27.3. The maximum absolute atomic E-state index is 12.3. The minimum absolute atomic E-state index is 0.364. The molecule has 0 amide bonds. The van der Waals surface area contributed by atoms with Crippen molar-refractivity contribution in [2.45, 2.75) is 12.8 Å². The standard InChI is InChI=1S/C12H15N3O2S/c1-14(12-7-3-2-6-11(12)10-13)18(16,17)15-8-4-5-9-15/h2-3,6-7H,4-5,8-9H2,1H3. The maximum atomic E-state index is 12.3. The van der Waals surface area contributed by atoms with Crippen LogP contribution in [-0.4, -0.2) is 32.9 Å². The van der Waals surface area contributed by atoms with E-state index in [2.05, 4.69) is 0 Å². The summed E-state index contributed by atoms with van der Waals surface area (Å²) in [6.45, 7) is 1.11. The first-order chi connectivity index (χ1) is 8.57. The Bertz CT molecular complexity index is 571. The lowest BCUT2D eigenvalue weighted by atomic mass is 10.2. The van der Waals surface area contributed by atoms with Crippen molar-refractivity contribution in [1.29, 1.82) is 5.26 Å². The Morgan fingerprint density at radius 1 is 1.28 bits per heavy atom. The van der Waals surface area contributed by atoms with Crippen molar-refractivity contribution in [2.75, 3.05) is 24.4 Å². The van der Waals surface area contributed by atoms with E-state index in [1.54, 1.807) is 24.3 Å². The van der Waals surface area contributed by atoms with Crippen LogP contribution in [0.4, 0.5) is 5.69 Å². The van der Waals surface area contributed by atoms with Crippen LogP contribution in [0, 0.1) is 11.3 Å². The van der Waals surface area contributed by atoms with Crippen LogP contribution in [0.1, 0.15) is 18.4 Å². The van der Waals surface area contributed by atoms with Crippen molar-refractivity contribution in [3.8, 4) is 6.07 Å². The zero-order chi connectivity index (χ0) is 13.2. The van der Waals surface area contributed by atoms with Gasteiger partial charge in [-0.3, -0.25) is 4.31 Å². The van der Waals surface area contributed by atoms with Crippen molar-refractivity contribution in [1.82, 2.24) is 4.31 Å². The molecular weight excluding hydrogens is 250 g/mol. The number of hydrogen-bond donors (Lipinski definition) is 0. The van der Waals surface area contributed by atoms with E-state index >= 15 is 0 Å². The minimum atomic E-state index is -3.51. The molecule has 1 heterocycles. The Balaban J connectivity index is 2.36. The third-order valence-corrected chi connectivity index (χ3v) is 5.01. The number of anilines is 1. The lowest BCUT2D eigenvalue weighted by Gasteiger charge is -2.25. The smallest absolute Gasteiger partial charge is 0.259 e. The van der Waals surface area contributed by atoms with Gasteiger partial charge in [0.05, 0.1) is 11.3 Å². The summed E-state index contributed by atoms with van der Waals surface area (Å²) in [5.41, 5.74) is 0.787. The van der Waals surface area contributed by atoms with Crippen LogP contribution in [0.15, 0.2) is 24.3 Å². The van der Waals surface area contributed by atoms with E-state index in [4.69, 9.17) is 5.26 Å². The van der Waals surface area contributed by atoms with Gasteiger partial charge in [0.25, 0.3) is 0 Å². The van der Waals surface area contributed by atoms with Gasteiger partial charge in [-0.05, 0) is 25.0 Å². The molecule has 1 aliphatic rings. The van der Waals surface area contributed by atoms with Gasteiger partial charge in [0, 0.05) is 20.1 Å². The molecule has 0 atom stereocenters. The molecule has 0 aromatic heterocycles. The summed E-state index contributed by atoms with van der Waals surface area (Å²) in [6, 6.07) is 8.72. The number of hydrogen-bond acceptors (Lipinski definition) is 3. The number of nitrogens with zero attached hydrogens (tertiary/aromatic N) is 3. The molecule has 0 saturated carbocycles. The average Bonchev–Trinajstić information content (AvgIpc) is 2.92. The molecule has 0 aliphatic carbocycles. The highest BCUT2D eigenvalue weighted by Crippen LogP contribution is 2.24. The molecule has 0 bridgehead atoms. The van der Waals surface area contributed by atoms with Crippen molar-refractivity contribution in [2.24, 2.45) is 0 Å². The van der Waals surface area contributed by atoms with Crippen LogP contribution in [0.5, 0.6) is 0 Å². The van der Waals surface area contributed by atoms with Crippen LogP contribution >= 0.6 is 0 Å². The molecular formula is C12H15N3O2S. The third kappa shape index (κ3) is 2.19. The van der Waals surface area contributed by atoms with Gasteiger partial charge in [-0.15, -0.1) is 0 Å². The Labute approximate surface area is 107 Å². The number of nitriles is 1. The summed E-state index contributed by atoms with van der Waals surface area (Å²) in [6.07, 6.45) is 1.79. The van der Waals surface area contributed by atoms with Gasteiger partial charge in [-0.25, -0.2) is 0 Å². The molecule has 1 aromatic rings. The van der Waals surface area contributed by atoms with Gasteiger partial charge in [0.1, 0.15) is 6.07 Å². The van der Waals surface area contributed by atoms with E-state index in [1.165, 1.54) is 15.7 Å². The van der Waals surface area contributed by atoms with Gasteiger partial charge < -0.3 is 0 Å². The van der Waals surface area contributed by atoms with Crippen molar-refractivity contribution < 1.29 is 8.42 Å². The normalized spacial score (nSPS) is 16.4. The lowest BCUT2D eigenvalue weighted by molar-refractivity contribution is 0.476. The van der Waals surface area contributed by atoms with E-state index in [9.17, 15) is 8.42 Å². The molecule has 1 aliphatic heterocycles. The van der Waals surface area contributed by atoms with E-state index in [-0.39, 0.29) is 0 Å². The van der Waals surface area contributed by atoms with E-state index in [0.29, 0.717) is 24.3 Å². The predicted molar refractivity (Wildman–Crippen MR) is 69.3 cm³/mol. The molecule has 18 heavy (non-hydrogen) atoms. The van der Waals surface area contributed by atoms with E-state index in [1.807, 2.05) is 6.07 Å². The summed E-state index contributed by atoms with van der Waals surface area (Å²) in [4.78, 5) is 0. The van der Waals surface area contributed by atoms with Gasteiger partial charge in [0.15, 0.2) is 0 Å². The molecule has 0 spiro atoms. The van der Waals surface area contributed by atoms with Crippen LogP contribution in [0.25, 0.3) is 0 Å². The highest BCUT2D eigenvalue weighted by molar-refractivity contribution is 7.90. The molecule has 0 N–H and O–H groups in total. The predicted octanol–water partition coefficient (Wildman–Crippen LogP) is 1.34. The van der Waals surface area contributed by atoms with Crippen LogP contribution < -0.4 is 4.31 Å². The highest BCUT2D eigenvalue weighted by atomic mass is 32.2. The second-order valence-electron chi connectivity index (χ2n) is 4.21. The van der Waals surface area contributed by atoms with E-state index < -0.39 is 10.2 Å². The van der Waals surface area contributed by atoms with Gasteiger partial charge in [0.2, 0.25) is 0 Å². The molecule has 96 valence electrons. The fraction of sp³-hybridized carbons (Fsp3) is 0.417. The lowest BCUT2D eigenvalue weighted by Crippen LogP contribution is -2.40. The molecule has 1 saturated heterocycles. The summed E-state index contributed by atoms with van der Waals surface area (Å²) in [5, 5.41) is 9.01. The quantitative estimate of drug-likeness (QED) is 0.828. The third-order valence-electron chi connectivity index (χ3n) is 3.10. The molecule has 0 radical (unpaired) electrons. The fourth-order valence-electron chi connectivity index (χ4n) is 2.06. The Morgan fingerprint density at radius 2 is 1.89 bits per heavy atom. The second kappa shape index (κ2) is 4.96.